The van der Waals surface area contributed by atoms with Crippen LogP contribution in [0.5, 0.6) is 0 Å². The van der Waals surface area contributed by atoms with E-state index in [2.05, 4.69) is 6.58 Å². The van der Waals surface area contributed by atoms with Crippen LogP contribution >= 0.6 is 0 Å². The van der Waals surface area contributed by atoms with Crippen molar-refractivity contribution in [2.75, 3.05) is 20.2 Å². The van der Waals surface area contributed by atoms with Crippen molar-refractivity contribution < 1.29 is 9.53 Å². The Bertz CT molecular complexity index is 391. The first-order valence-electron chi connectivity index (χ1n) is 6.57. The van der Waals surface area contributed by atoms with Crippen molar-refractivity contribution in [1.82, 2.24) is 4.90 Å². The SMILES string of the molecule is C=CCC1(C(=O)N2CCCC2)C=CCC=C1OC. The largest absolute Gasteiger partial charge is 0.500 e. The molecule has 0 radical (unpaired) electrons. The monoisotopic (exact) mass is 247 g/mol. The van der Waals surface area contributed by atoms with Crippen LogP contribution in [0, 0.1) is 5.41 Å². The standard InChI is InChI=1S/C15H21NO2/c1-3-9-15(10-5-4-8-13(15)18-2)14(17)16-11-6-7-12-16/h3,5,8,10H,1,4,6-7,9,11-12H2,2H3. The lowest BCUT2D eigenvalue weighted by Crippen LogP contribution is -2.43. The fourth-order valence-electron chi connectivity index (χ4n) is 2.84. The van der Waals surface area contributed by atoms with Crippen LogP contribution < -0.4 is 0 Å². The highest BCUT2D eigenvalue weighted by Crippen LogP contribution is 2.39. The van der Waals surface area contributed by atoms with E-state index in [-0.39, 0.29) is 5.91 Å². The van der Waals surface area contributed by atoms with E-state index in [1.807, 2.05) is 23.1 Å². The van der Waals surface area contributed by atoms with E-state index in [0.717, 1.165) is 38.1 Å². The summed E-state index contributed by atoms with van der Waals surface area (Å²) in [7, 11) is 1.64. The van der Waals surface area contributed by atoms with Gasteiger partial charge in [0.15, 0.2) is 0 Å². The van der Waals surface area contributed by atoms with Crippen molar-refractivity contribution in [3.8, 4) is 0 Å². The Kier molecular flexibility index (Phi) is 3.90. The van der Waals surface area contributed by atoms with Crippen LogP contribution in [0.2, 0.25) is 0 Å². The van der Waals surface area contributed by atoms with Gasteiger partial charge < -0.3 is 9.64 Å². The first-order valence-corrected chi connectivity index (χ1v) is 6.57. The molecule has 0 bridgehead atoms. The molecule has 1 unspecified atom stereocenters. The number of likely N-dealkylation sites (tertiary alicyclic amines) is 1. The second-order valence-corrected chi connectivity index (χ2v) is 4.87. The fourth-order valence-corrected chi connectivity index (χ4v) is 2.84. The van der Waals surface area contributed by atoms with E-state index < -0.39 is 5.41 Å². The molecular formula is C15H21NO2. The lowest BCUT2D eigenvalue weighted by atomic mass is 9.77. The summed E-state index contributed by atoms with van der Waals surface area (Å²) in [6.45, 7) is 5.52. The zero-order valence-corrected chi connectivity index (χ0v) is 11.0. The molecule has 0 saturated carbocycles. The van der Waals surface area contributed by atoms with Gasteiger partial charge >= 0.3 is 0 Å². The van der Waals surface area contributed by atoms with Crippen molar-refractivity contribution in [2.45, 2.75) is 25.7 Å². The number of carbonyl (C=O) groups is 1. The van der Waals surface area contributed by atoms with E-state index in [1.165, 1.54) is 0 Å². The number of amides is 1. The zero-order chi connectivity index (χ0) is 13.0. The third-order valence-electron chi connectivity index (χ3n) is 3.74. The van der Waals surface area contributed by atoms with E-state index in [9.17, 15) is 4.79 Å². The molecule has 0 aromatic carbocycles. The Labute approximate surface area is 109 Å². The molecule has 0 aromatic heterocycles. The normalized spacial score (nSPS) is 26.9. The molecule has 1 fully saturated rings. The predicted octanol–water partition coefficient (Wildman–Crippen LogP) is 2.66. The molecule has 0 spiro atoms. The molecule has 1 saturated heterocycles. The molecule has 3 nitrogen and oxygen atoms in total. The molecule has 1 atom stereocenters. The number of carbonyl (C=O) groups excluding carboxylic acids is 1. The minimum absolute atomic E-state index is 0.156. The Morgan fingerprint density at radius 2 is 2.28 bits per heavy atom. The highest BCUT2D eigenvalue weighted by atomic mass is 16.5. The first-order chi connectivity index (χ1) is 8.74. The molecule has 0 aromatic rings. The van der Waals surface area contributed by atoms with Crippen molar-refractivity contribution in [2.24, 2.45) is 5.41 Å². The van der Waals surface area contributed by atoms with E-state index >= 15 is 0 Å². The highest BCUT2D eigenvalue weighted by molar-refractivity contribution is 5.88. The average molecular weight is 247 g/mol. The molecule has 1 heterocycles. The minimum atomic E-state index is -0.654. The molecule has 98 valence electrons. The van der Waals surface area contributed by atoms with Crippen molar-refractivity contribution >= 4 is 5.91 Å². The summed E-state index contributed by atoms with van der Waals surface area (Å²) in [5.41, 5.74) is -0.654. The Balaban J connectivity index is 2.32. The van der Waals surface area contributed by atoms with Gasteiger partial charge in [-0.2, -0.15) is 0 Å². The molecule has 2 rings (SSSR count). The van der Waals surface area contributed by atoms with Crippen LogP contribution in [0.3, 0.4) is 0 Å². The van der Waals surface area contributed by atoms with E-state index in [4.69, 9.17) is 4.74 Å². The number of hydrogen-bond donors (Lipinski definition) is 0. The van der Waals surface area contributed by atoms with Gasteiger partial charge in [0.25, 0.3) is 0 Å². The van der Waals surface area contributed by atoms with Gasteiger partial charge in [-0.15, -0.1) is 6.58 Å². The lowest BCUT2D eigenvalue weighted by molar-refractivity contribution is -0.138. The summed E-state index contributed by atoms with van der Waals surface area (Å²) in [5, 5.41) is 0. The molecule has 1 amide bonds. The van der Waals surface area contributed by atoms with Gasteiger partial charge in [0.05, 0.1) is 7.11 Å². The maximum atomic E-state index is 12.8. The van der Waals surface area contributed by atoms with Crippen LogP contribution in [0.4, 0.5) is 0 Å². The summed E-state index contributed by atoms with van der Waals surface area (Å²) in [6.07, 6.45) is 11.5. The predicted molar refractivity (Wildman–Crippen MR) is 71.9 cm³/mol. The maximum Gasteiger partial charge on any atom is 0.240 e. The molecule has 0 N–H and O–H groups in total. The Morgan fingerprint density at radius 3 is 2.89 bits per heavy atom. The average Bonchev–Trinajstić information content (AvgIpc) is 2.92. The van der Waals surface area contributed by atoms with Crippen LogP contribution in [-0.4, -0.2) is 31.0 Å². The number of allylic oxidation sites excluding steroid dienone is 3. The fraction of sp³-hybridized carbons (Fsp3) is 0.533. The van der Waals surface area contributed by atoms with Gasteiger partial charge in [-0.25, -0.2) is 0 Å². The quantitative estimate of drug-likeness (QED) is 0.715. The van der Waals surface area contributed by atoms with Crippen LogP contribution in [0.15, 0.2) is 36.6 Å². The summed E-state index contributed by atoms with van der Waals surface area (Å²) in [4.78, 5) is 14.7. The van der Waals surface area contributed by atoms with Crippen molar-refractivity contribution in [1.29, 1.82) is 0 Å². The third kappa shape index (κ3) is 2.09. The third-order valence-corrected chi connectivity index (χ3v) is 3.74. The lowest BCUT2D eigenvalue weighted by Gasteiger charge is -2.35. The number of nitrogens with zero attached hydrogens (tertiary/aromatic N) is 1. The molecule has 1 aliphatic carbocycles. The first kappa shape index (κ1) is 12.9. The summed E-state index contributed by atoms with van der Waals surface area (Å²) in [6, 6.07) is 0. The number of methoxy groups -OCH3 is 1. The maximum absolute atomic E-state index is 12.8. The minimum Gasteiger partial charge on any atom is -0.500 e. The topological polar surface area (TPSA) is 29.5 Å². The number of ether oxygens (including phenoxy) is 1. The summed E-state index contributed by atoms with van der Waals surface area (Å²) in [5.74, 6) is 0.922. The van der Waals surface area contributed by atoms with Crippen LogP contribution in [0.1, 0.15) is 25.7 Å². The smallest absolute Gasteiger partial charge is 0.240 e. The van der Waals surface area contributed by atoms with Crippen LogP contribution in [-0.2, 0) is 9.53 Å². The Hall–Kier alpha value is -1.51. The molecule has 18 heavy (non-hydrogen) atoms. The Morgan fingerprint density at radius 1 is 1.56 bits per heavy atom. The molecular weight excluding hydrogens is 226 g/mol. The second kappa shape index (κ2) is 5.42. The zero-order valence-electron chi connectivity index (χ0n) is 11.0. The van der Waals surface area contributed by atoms with Gasteiger partial charge in [0, 0.05) is 13.1 Å². The van der Waals surface area contributed by atoms with Gasteiger partial charge in [0.1, 0.15) is 11.2 Å². The van der Waals surface area contributed by atoms with Gasteiger partial charge in [-0.1, -0.05) is 18.2 Å². The van der Waals surface area contributed by atoms with Crippen molar-refractivity contribution in [3.05, 3.63) is 36.6 Å². The van der Waals surface area contributed by atoms with Crippen LogP contribution in [0.25, 0.3) is 0 Å². The summed E-state index contributed by atoms with van der Waals surface area (Å²) >= 11 is 0. The van der Waals surface area contributed by atoms with Gasteiger partial charge in [-0.05, 0) is 31.8 Å². The van der Waals surface area contributed by atoms with Crippen molar-refractivity contribution in [3.63, 3.8) is 0 Å². The number of hydrogen-bond acceptors (Lipinski definition) is 2. The summed E-state index contributed by atoms with van der Waals surface area (Å²) < 4.78 is 5.45. The van der Waals surface area contributed by atoms with Gasteiger partial charge in [-0.3, -0.25) is 4.79 Å². The van der Waals surface area contributed by atoms with E-state index in [0.29, 0.717) is 6.42 Å². The highest BCUT2D eigenvalue weighted by Gasteiger charge is 2.44. The molecule has 3 heteroatoms. The molecule has 1 aliphatic heterocycles. The number of rotatable bonds is 4. The molecule has 2 aliphatic rings. The van der Waals surface area contributed by atoms with E-state index in [1.54, 1.807) is 13.2 Å². The van der Waals surface area contributed by atoms with Gasteiger partial charge in [0.2, 0.25) is 5.91 Å². The second-order valence-electron chi connectivity index (χ2n) is 4.87.